The number of fused-ring (bicyclic) bond motifs is 2. The van der Waals surface area contributed by atoms with E-state index in [1.165, 1.54) is 17.0 Å². The zero-order valence-corrected chi connectivity index (χ0v) is 22.9. The number of hydrogen-bond donors (Lipinski definition) is 1. The number of piperidine rings is 1. The van der Waals surface area contributed by atoms with Crippen molar-refractivity contribution in [3.63, 3.8) is 0 Å². The quantitative estimate of drug-likeness (QED) is 0.429. The van der Waals surface area contributed by atoms with E-state index in [1.54, 1.807) is 24.1 Å². The van der Waals surface area contributed by atoms with Gasteiger partial charge in [0.25, 0.3) is 0 Å². The molecule has 4 atom stereocenters. The van der Waals surface area contributed by atoms with Crippen molar-refractivity contribution >= 4 is 17.7 Å². The molecule has 0 bridgehead atoms. The minimum Gasteiger partial charge on any atom is -0.497 e. The minimum absolute atomic E-state index is 0.0981. The molecule has 3 aliphatic rings. The number of hydrogen-bond acceptors (Lipinski definition) is 5. The third-order valence-corrected chi connectivity index (χ3v) is 8.73. The molecule has 0 saturated carbocycles. The molecule has 3 aromatic rings. The van der Waals surface area contributed by atoms with E-state index in [9.17, 15) is 27.6 Å². The maximum atomic E-state index is 14.3. The summed E-state index contributed by atoms with van der Waals surface area (Å²) >= 11 is 0. The Labute approximate surface area is 241 Å². The minimum atomic E-state index is -4.45. The van der Waals surface area contributed by atoms with Gasteiger partial charge in [-0.15, -0.1) is 0 Å². The summed E-state index contributed by atoms with van der Waals surface area (Å²) < 4.78 is 44.5. The van der Waals surface area contributed by atoms with Gasteiger partial charge in [0.1, 0.15) is 11.3 Å². The summed E-state index contributed by atoms with van der Waals surface area (Å²) in [4.78, 5) is 45.2. The van der Waals surface area contributed by atoms with Gasteiger partial charge < -0.3 is 9.64 Å². The highest BCUT2D eigenvalue weighted by Crippen LogP contribution is 2.52. The van der Waals surface area contributed by atoms with Crippen LogP contribution in [0.4, 0.5) is 13.2 Å². The molecule has 3 fully saturated rings. The number of rotatable bonds is 6. The molecule has 3 aromatic carbocycles. The Kier molecular flexibility index (Phi) is 7.04. The van der Waals surface area contributed by atoms with E-state index in [2.05, 4.69) is 5.32 Å². The van der Waals surface area contributed by atoms with E-state index in [-0.39, 0.29) is 30.8 Å². The Balaban J connectivity index is 1.34. The summed E-state index contributed by atoms with van der Waals surface area (Å²) in [5.74, 6) is -2.09. The maximum absolute atomic E-state index is 14.3. The Morgan fingerprint density at radius 3 is 2.19 bits per heavy atom. The second-order valence-corrected chi connectivity index (χ2v) is 11.1. The second kappa shape index (κ2) is 10.6. The number of amides is 3. The summed E-state index contributed by atoms with van der Waals surface area (Å²) in [5.41, 5.74) is 0.0367. The first-order valence-electron chi connectivity index (χ1n) is 13.9. The summed E-state index contributed by atoms with van der Waals surface area (Å²) in [6.45, 7) is 0.602. The van der Waals surface area contributed by atoms with Crippen LogP contribution in [0.1, 0.15) is 41.1 Å². The van der Waals surface area contributed by atoms with Crippen LogP contribution in [0.3, 0.4) is 0 Å². The monoisotopic (exact) mass is 577 g/mol. The van der Waals surface area contributed by atoms with Gasteiger partial charge in [-0.3, -0.25) is 24.6 Å². The van der Waals surface area contributed by atoms with Gasteiger partial charge in [-0.05, 0) is 53.8 Å². The first kappa shape index (κ1) is 28.0. The van der Waals surface area contributed by atoms with E-state index in [0.717, 1.165) is 23.3 Å². The molecule has 42 heavy (non-hydrogen) atoms. The van der Waals surface area contributed by atoms with Crippen LogP contribution in [0.5, 0.6) is 5.75 Å². The lowest BCUT2D eigenvalue weighted by Gasteiger charge is -2.42. The van der Waals surface area contributed by atoms with E-state index in [4.69, 9.17) is 4.74 Å². The molecular weight excluding hydrogens is 547 g/mol. The van der Waals surface area contributed by atoms with Crippen LogP contribution in [0, 0.1) is 11.8 Å². The lowest BCUT2D eigenvalue weighted by molar-refractivity contribution is -0.150. The number of nitrogens with one attached hydrogen (secondary N) is 1. The lowest BCUT2D eigenvalue weighted by Crippen LogP contribution is -2.63. The van der Waals surface area contributed by atoms with Crippen LogP contribution in [0.15, 0.2) is 78.9 Å². The van der Waals surface area contributed by atoms with Crippen molar-refractivity contribution < 1.29 is 32.3 Å². The third kappa shape index (κ3) is 4.73. The van der Waals surface area contributed by atoms with E-state index >= 15 is 0 Å². The summed E-state index contributed by atoms with van der Waals surface area (Å²) in [5, 5.41) is 3.45. The van der Waals surface area contributed by atoms with Crippen molar-refractivity contribution in [1.82, 2.24) is 15.1 Å². The topological polar surface area (TPSA) is 79.0 Å². The smallest absolute Gasteiger partial charge is 0.416 e. The summed E-state index contributed by atoms with van der Waals surface area (Å²) in [6.07, 6.45) is -3.52. The standard InChI is InChI=1S/C32H30F3N3O4/c1-42-24-14-10-22(11-15-24)27-25-26(29(40)38(28(25)39)19-20-6-3-2-4-7-20)31(36-27)16-5-17-37(30(31)41)18-21-8-12-23(13-9-21)32(33,34)35/h2-4,6-15,25-27,36H,5,16-19H2,1H3/t25-,26-,27-,31-/m1/s1. The SMILES string of the molecule is COc1ccc([C@H]2N[C@]3(CCCN(Cc4ccc(C(F)(F)F)cc4)C3=O)[C@H]3C(=O)N(Cc4ccccc4)C(=O)[C@@H]23)cc1. The lowest BCUT2D eigenvalue weighted by atomic mass is 9.74. The number of likely N-dealkylation sites (tertiary alicyclic amines) is 2. The molecular formula is C32H30F3N3O4. The normalized spacial score (nSPS) is 25.8. The van der Waals surface area contributed by atoms with Gasteiger partial charge in [0.2, 0.25) is 17.7 Å². The molecule has 3 saturated heterocycles. The van der Waals surface area contributed by atoms with Crippen LogP contribution < -0.4 is 10.1 Å². The molecule has 3 heterocycles. The fourth-order valence-corrected chi connectivity index (χ4v) is 6.72. The first-order chi connectivity index (χ1) is 20.1. The number of carbonyl (C=O) groups is 3. The molecule has 0 aliphatic carbocycles. The number of methoxy groups -OCH3 is 1. The van der Waals surface area contributed by atoms with E-state index in [1.807, 2.05) is 42.5 Å². The molecule has 0 unspecified atom stereocenters. The van der Waals surface area contributed by atoms with Crippen molar-refractivity contribution in [1.29, 1.82) is 0 Å². The van der Waals surface area contributed by atoms with E-state index in [0.29, 0.717) is 30.7 Å². The van der Waals surface area contributed by atoms with Crippen molar-refractivity contribution in [3.8, 4) is 5.75 Å². The molecule has 218 valence electrons. The molecule has 1 spiro atoms. The number of carbonyl (C=O) groups excluding carboxylic acids is 3. The van der Waals surface area contributed by atoms with Gasteiger partial charge in [0.15, 0.2) is 0 Å². The van der Waals surface area contributed by atoms with E-state index < -0.39 is 35.2 Å². The summed E-state index contributed by atoms with van der Waals surface area (Å²) in [6, 6.07) is 20.6. The fraction of sp³-hybridized carbons (Fsp3) is 0.344. The number of nitrogens with zero attached hydrogens (tertiary/aromatic N) is 2. The predicted molar refractivity (Wildman–Crippen MR) is 147 cm³/mol. The number of benzene rings is 3. The zero-order chi connectivity index (χ0) is 29.6. The van der Waals surface area contributed by atoms with Crippen LogP contribution in [-0.2, 0) is 33.6 Å². The molecule has 7 nitrogen and oxygen atoms in total. The molecule has 0 radical (unpaired) electrons. The highest BCUT2D eigenvalue weighted by Gasteiger charge is 2.69. The largest absolute Gasteiger partial charge is 0.497 e. The maximum Gasteiger partial charge on any atom is 0.416 e. The molecule has 10 heteroatoms. The Morgan fingerprint density at radius 1 is 0.881 bits per heavy atom. The van der Waals surface area contributed by atoms with Crippen LogP contribution >= 0.6 is 0 Å². The van der Waals surface area contributed by atoms with Crippen molar-refractivity contribution in [2.75, 3.05) is 13.7 Å². The first-order valence-corrected chi connectivity index (χ1v) is 13.9. The fourth-order valence-electron chi connectivity index (χ4n) is 6.72. The molecule has 6 rings (SSSR count). The second-order valence-electron chi connectivity index (χ2n) is 11.1. The van der Waals surface area contributed by atoms with Crippen molar-refractivity contribution in [2.45, 2.75) is 43.7 Å². The average Bonchev–Trinajstić information content (AvgIpc) is 3.45. The number of halogens is 3. The van der Waals surface area contributed by atoms with Crippen molar-refractivity contribution in [3.05, 3.63) is 101 Å². The van der Waals surface area contributed by atoms with Gasteiger partial charge >= 0.3 is 6.18 Å². The van der Waals surface area contributed by atoms with Crippen LogP contribution in [0.25, 0.3) is 0 Å². The van der Waals surface area contributed by atoms with Gasteiger partial charge in [0.05, 0.1) is 31.1 Å². The number of imide groups is 1. The summed E-state index contributed by atoms with van der Waals surface area (Å²) in [7, 11) is 1.56. The number of ether oxygens (including phenoxy) is 1. The van der Waals surface area contributed by atoms with Crippen LogP contribution in [0.2, 0.25) is 0 Å². The zero-order valence-electron chi connectivity index (χ0n) is 22.9. The number of alkyl halides is 3. The Morgan fingerprint density at radius 2 is 1.55 bits per heavy atom. The predicted octanol–water partition coefficient (Wildman–Crippen LogP) is 4.72. The Hall–Kier alpha value is -4.18. The molecule has 1 N–H and O–H groups in total. The van der Waals surface area contributed by atoms with Crippen molar-refractivity contribution in [2.24, 2.45) is 11.8 Å². The highest BCUT2D eigenvalue weighted by atomic mass is 19.4. The third-order valence-electron chi connectivity index (χ3n) is 8.73. The van der Waals surface area contributed by atoms with Crippen LogP contribution in [-0.4, -0.2) is 46.7 Å². The van der Waals surface area contributed by atoms with Gasteiger partial charge in [-0.2, -0.15) is 13.2 Å². The average molecular weight is 578 g/mol. The Bertz CT molecular complexity index is 1490. The molecule has 0 aromatic heterocycles. The van der Waals surface area contributed by atoms with Gasteiger partial charge in [-0.25, -0.2) is 0 Å². The van der Waals surface area contributed by atoms with Gasteiger partial charge in [-0.1, -0.05) is 54.6 Å². The van der Waals surface area contributed by atoms with Gasteiger partial charge in [0, 0.05) is 19.1 Å². The molecule has 3 aliphatic heterocycles. The molecule has 3 amide bonds. The highest BCUT2D eigenvalue weighted by molar-refractivity contribution is 6.10.